The summed E-state index contributed by atoms with van der Waals surface area (Å²) in [6, 6.07) is 9.36. The van der Waals surface area contributed by atoms with E-state index >= 15 is 0 Å². The van der Waals surface area contributed by atoms with Crippen LogP contribution in [0.25, 0.3) is 0 Å². The summed E-state index contributed by atoms with van der Waals surface area (Å²) < 4.78 is 7.90. The third kappa shape index (κ3) is 4.12. The summed E-state index contributed by atoms with van der Waals surface area (Å²) in [5, 5.41) is 4.39. The molecule has 0 bridgehead atoms. The Morgan fingerprint density at radius 2 is 2.00 bits per heavy atom. The van der Waals surface area contributed by atoms with E-state index < -0.39 is 0 Å². The molecule has 2 aliphatic rings. The summed E-state index contributed by atoms with van der Waals surface area (Å²) in [6.07, 6.45) is 9.45. The summed E-state index contributed by atoms with van der Waals surface area (Å²) >= 11 is 5.79. The molecule has 2 aromatic rings. The van der Waals surface area contributed by atoms with Crippen molar-refractivity contribution in [1.29, 1.82) is 0 Å². The van der Waals surface area contributed by atoms with Gasteiger partial charge in [0.1, 0.15) is 0 Å². The Bertz CT molecular complexity index is 860. The minimum absolute atomic E-state index is 0.0570. The highest BCUT2D eigenvalue weighted by molar-refractivity contribution is 7.80. The van der Waals surface area contributed by atoms with Crippen LogP contribution >= 0.6 is 12.2 Å². The minimum Gasteiger partial charge on any atom is -0.385 e. The molecule has 1 N–H and O–H groups in total. The molecule has 1 aliphatic carbocycles. The molecule has 0 unspecified atom stereocenters. The van der Waals surface area contributed by atoms with Crippen LogP contribution in [0.2, 0.25) is 0 Å². The Hall–Kier alpha value is -1.92. The molecule has 1 saturated carbocycles. The van der Waals surface area contributed by atoms with Gasteiger partial charge in [0.05, 0.1) is 17.8 Å². The van der Waals surface area contributed by atoms with Crippen molar-refractivity contribution in [2.75, 3.05) is 20.3 Å². The van der Waals surface area contributed by atoms with Gasteiger partial charge in [-0.25, -0.2) is 0 Å². The van der Waals surface area contributed by atoms with Gasteiger partial charge in [-0.2, -0.15) is 0 Å². The topological polar surface area (TPSA) is 42.3 Å². The van der Waals surface area contributed by atoms with Crippen molar-refractivity contribution in [2.45, 2.75) is 70.5 Å². The molecular formula is C24H34N4OS. The van der Waals surface area contributed by atoms with Gasteiger partial charge in [-0.05, 0) is 69.1 Å². The average Bonchev–Trinajstić information content (AvgIpc) is 3.25. The quantitative estimate of drug-likeness (QED) is 0.498. The first kappa shape index (κ1) is 21.3. The van der Waals surface area contributed by atoms with Gasteiger partial charge < -0.3 is 19.5 Å². The van der Waals surface area contributed by atoms with E-state index in [1.165, 1.54) is 49.1 Å². The Balaban J connectivity index is 1.72. The molecule has 1 saturated heterocycles. The Kier molecular flexibility index (Phi) is 6.74. The van der Waals surface area contributed by atoms with E-state index in [0.29, 0.717) is 6.04 Å². The van der Waals surface area contributed by atoms with E-state index in [4.69, 9.17) is 17.0 Å². The molecule has 30 heavy (non-hydrogen) atoms. The van der Waals surface area contributed by atoms with Crippen LogP contribution < -0.4 is 5.32 Å². The van der Waals surface area contributed by atoms with Gasteiger partial charge in [-0.1, -0.05) is 25.3 Å². The molecule has 0 spiro atoms. The van der Waals surface area contributed by atoms with Crippen LogP contribution in [0.1, 0.15) is 79.3 Å². The predicted molar refractivity (Wildman–Crippen MR) is 125 cm³/mol. The van der Waals surface area contributed by atoms with E-state index in [-0.39, 0.29) is 12.1 Å². The fourth-order valence-electron chi connectivity index (χ4n) is 5.37. The molecule has 3 heterocycles. The third-order valence-corrected chi connectivity index (χ3v) is 7.08. The first-order chi connectivity index (χ1) is 14.6. The Labute approximate surface area is 185 Å². The molecule has 162 valence electrons. The standard InChI is InChI=1S/C24H34N4OS/c1-17-16-20(18(2)28(17)19-10-5-4-6-11-19)23-22(21-12-7-8-13-25-21)26-24(30)27(23)14-9-15-29-3/h7-8,12-13,16,19,22-23H,4-6,9-11,14-15H2,1-3H3,(H,26,30)/t22-,23+/m0/s1. The van der Waals surface area contributed by atoms with Crippen LogP contribution in [-0.2, 0) is 4.74 Å². The number of nitrogens with one attached hydrogen (secondary N) is 1. The lowest BCUT2D eigenvalue weighted by molar-refractivity contribution is 0.180. The average molecular weight is 427 g/mol. The normalized spacial score (nSPS) is 22.5. The van der Waals surface area contributed by atoms with Crippen molar-refractivity contribution >= 4 is 17.3 Å². The van der Waals surface area contributed by atoms with Crippen molar-refractivity contribution in [2.24, 2.45) is 0 Å². The van der Waals surface area contributed by atoms with Gasteiger partial charge in [-0.15, -0.1) is 0 Å². The lowest BCUT2D eigenvalue weighted by atomic mass is 9.94. The van der Waals surface area contributed by atoms with Gasteiger partial charge in [0, 0.05) is 43.9 Å². The molecule has 2 aromatic heterocycles. The second-order valence-corrected chi connectivity index (χ2v) is 9.04. The van der Waals surface area contributed by atoms with Crippen LogP contribution in [0, 0.1) is 13.8 Å². The number of rotatable bonds is 7. The number of hydrogen-bond donors (Lipinski definition) is 1. The van der Waals surface area contributed by atoms with E-state index in [0.717, 1.165) is 30.4 Å². The smallest absolute Gasteiger partial charge is 0.170 e. The van der Waals surface area contributed by atoms with E-state index in [1.807, 2.05) is 12.3 Å². The minimum atomic E-state index is 0.0570. The van der Waals surface area contributed by atoms with E-state index in [2.05, 4.69) is 51.8 Å². The highest BCUT2D eigenvalue weighted by atomic mass is 32.1. The van der Waals surface area contributed by atoms with Crippen molar-refractivity contribution in [1.82, 2.24) is 19.8 Å². The lowest BCUT2D eigenvalue weighted by Crippen LogP contribution is -2.31. The Morgan fingerprint density at radius 1 is 1.20 bits per heavy atom. The fourth-order valence-corrected chi connectivity index (χ4v) is 5.70. The largest absolute Gasteiger partial charge is 0.385 e. The maximum absolute atomic E-state index is 5.79. The molecule has 5 nitrogen and oxygen atoms in total. The highest BCUT2D eigenvalue weighted by Gasteiger charge is 2.41. The van der Waals surface area contributed by atoms with Gasteiger partial charge in [0.25, 0.3) is 0 Å². The van der Waals surface area contributed by atoms with E-state index in [1.54, 1.807) is 7.11 Å². The highest BCUT2D eigenvalue weighted by Crippen LogP contribution is 2.42. The fraction of sp³-hybridized carbons (Fsp3) is 0.583. The molecule has 0 amide bonds. The number of nitrogens with zero attached hydrogens (tertiary/aromatic N) is 3. The van der Waals surface area contributed by atoms with Crippen LogP contribution in [0.5, 0.6) is 0 Å². The van der Waals surface area contributed by atoms with Gasteiger partial charge in [0.2, 0.25) is 0 Å². The third-order valence-electron chi connectivity index (χ3n) is 6.73. The van der Waals surface area contributed by atoms with Crippen molar-refractivity contribution in [3.63, 3.8) is 0 Å². The molecule has 2 fully saturated rings. The summed E-state index contributed by atoms with van der Waals surface area (Å²) in [6.45, 7) is 6.17. The number of thiocarbonyl (C=S) groups is 1. The molecular weight excluding hydrogens is 392 g/mol. The molecule has 0 aromatic carbocycles. The SMILES string of the molecule is COCCCN1C(=S)N[C@@H](c2ccccn2)[C@H]1c1cc(C)n(C2CCCCC2)c1C. The first-order valence-corrected chi connectivity index (χ1v) is 11.7. The molecule has 6 heteroatoms. The second-order valence-electron chi connectivity index (χ2n) is 8.65. The number of aryl methyl sites for hydroxylation is 1. The number of ether oxygens (including phenoxy) is 1. The first-order valence-electron chi connectivity index (χ1n) is 11.3. The molecule has 2 atom stereocenters. The predicted octanol–water partition coefficient (Wildman–Crippen LogP) is 5.01. The van der Waals surface area contributed by atoms with Crippen LogP contribution in [-0.4, -0.2) is 39.8 Å². The number of pyridine rings is 1. The van der Waals surface area contributed by atoms with Crippen molar-refractivity contribution < 1.29 is 4.74 Å². The second kappa shape index (κ2) is 9.48. The lowest BCUT2D eigenvalue weighted by Gasteiger charge is -2.29. The summed E-state index contributed by atoms with van der Waals surface area (Å²) in [4.78, 5) is 7.02. The maximum Gasteiger partial charge on any atom is 0.170 e. The zero-order valence-electron chi connectivity index (χ0n) is 18.4. The summed E-state index contributed by atoms with van der Waals surface area (Å²) in [5.74, 6) is 0. The molecule has 0 radical (unpaired) electrons. The number of aromatic nitrogens is 2. The van der Waals surface area contributed by atoms with Crippen LogP contribution in [0.15, 0.2) is 30.5 Å². The summed E-state index contributed by atoms with van der Waals surface area (Å²) in [5.41, 5.74) is 5.16. The van der Waals surface area contributed by atoms with E-state index in [9.17, 15) is 0 Å². The number of methoxy groups -OCH3 is 1. The van der Waals surface area contributed by atoms with Crippen molar-refractivity contribution in [3.8, 4) is 0 Å². The van der Waals surface area contributed by atoms with Crippen molar-refractivity contribution in [3.05, 3.63) is 53.1 Å². The van der Waals surface area contributed by atoms with Gasteiger partial charge >= 0.3 is 0 Å². The summed E-state index contributed by atoms with van der Waals surface area (Å²) in [7, 11) is 1.76. The zero-order chi connectivity index (χ0) is 21.1. The Morgan fingerprint density at radius 3 is 2.70 bits per heavy atom. The monoisotopic (exact) mass is 426 g/mol. The maximum atomic E-state index is 5.79. The number of hydrogen-bond acceptors (Lipinski definition) is 3. The zero-order valence-corrected chi connectivity index (χ0v) is 19.3. The van der Waals surface area contributed by atoms with Crippen LogP contribution in [0.4, 0.5) is 0 Å². The van der Waals surface area contributed by atoms with Gasteiger partial charge in [-0.3, -0.25) is 4.98 Å². The molecule has 1 aliphatic heterocycles. The van der Waals surface area contributed by atoms with Crippen LogP contribution in [0.3, 0.4) is 0 Å². The molecule has 4 rings (SSSR count). The van der Waals surface area contributed by atoms with Gasteiger partial charge in [0.15, 0.2) is 5.11 Å².